The number of hydrogen-bond acceptors (Lipinski definition) is 3. The summed E-state index contributed by atoms with van der Waals surface area (Å²) < 4.78 is 0. The van der Waals surface area contributed by atoms with E-state index in [1.807, 2.05) is 25.1 Å². The lowest BCUT2D eigenvalue weighted by Crippen LogP contribution is -2.47. The number of fused-ring (bicyclic) bond motifs is 1. The number of anilines is 1. The van der Waals surface area contributed by atoms with Gasteiger partial charge in [-0.15, -0.1) is 0 Å². The van der Waals surface area contributed by atoms with E-state index in [2.05, 4.69) is 21.8 Å². The normalized spacial score (nSPS) is 13.5. The smallest absolute Gasteiger partial charge is 0.257 e. The SMILES string of the molecule is CCCCC(=O)NNC(=O)CN1CCCc2ccccc21. The second kappa shape index (κ2) is 7.67. The summed E-state index contributed by atoms with van der Waals surface area (Å²) in [7, 11) is 0. The molecule has 1 aliphatic heterocycles. The molecule has 1 aromatic rings. The molecule has 1 heterocycles. The maximum Gasteiger partial charge on any atom is 0.257 e. The Morgan fingerprint density at radius 3 is 2.76 bits per heavy atom. The van der Waals surface area contributed by atoms with E-state index in [0.29, 0.717) is 6.42 Å². The highest BCUT2D eigenvalue weighted by Gasteiger charge is 2.18. The number of para-hydroxylation sites is 1. The van der Waals surface area contributed by atoms with Crippen LogP contribution in [-0.4, -0.2) is 24.9 Å². The average Bonchev–Trinajstić information content (AvgIpc) is 2.51. The van der Waals surface area contributed by atoms with Crippen molar-refractivity contribution in [1.29, 1.82) is 0 Å². The summed E-state index contributed by atoms with van der Waals surface area (Å²) >= 11 is 0. The maximum absolute atomic E-state index is 11.9. The predicted molar refractivity (Wildman–Crippen MR) is 82.8 cm³/mol. The van der Waals surface area contributed by atoms with Crippen LogP contribution in [0, 0.1) is 0 Å². The summed E-state index contributed by atoms with van der Waals surface area (Å²) in [6.45, 7) is 3.17. The summed E-state index contributed by atoms with van der Waals surface area (Å²) in [5.41, 5.74) is 7.36. The van der Waals surface area contributed by atoms with Crippen LogP contribution in [0.2, 0.25) is 0 Å². The first kappa shape index (κ1) is 15.4. The molecule has 114 valence electrons. The largest absolute Gasteiger partial charge is 0.362 e. The lowest BCUT2D eigenvalue weighted by Gasteiger charge is -2.30. The third-order valence-corrected chi connectivity index (χ3v) is 3.64. The molecule has 0 aromatic heterocycles. The van der Waals surface area contributed by atoms with Gasteiger partial charge in [-0.05, 0) is 30.9 Å². The fraction of sp³-hybridized carbons (Fsp3) is 0.500. The van der Waals surface area contributed by atoms with Gasteiger partial charge in [0, 0.05) is 18.7 Å². The molecule has 0 radical (unpaired) electrons. The van der Waals surface area contributed by atoms with Crippen molar-refractivity contribution in [2.75, 3.05) is 18.0 Å². The maximum atomic E-state index is 11.9. The highest BCUT2D eigenvalue weighted by molar-refractivity contribution is 5.85. The fourth-order valence-corrected chi connectivity index (χ4v) is 2.53. The molecule has 0 unspecified atom stereocenters. The van der Waals surface area contributed by atoms with Gasteiger partial charge >= 0.3 is 0 Å². The van der Waals surface area contributed by atoms with Gasteiger partial charge in [0.05, 0.1) is 6.54 Å². The molecule has 0 atom stereocenters. The van der Waals surface area contributed by atoms with Gasteiger partial charge in [-0.3, -0.25) is 20.4 Å². The molecule has 2 N–H and O–H groups in total. The second-order valence-electron chi connectivity index (χ2n) is 5.35. The summed E-state index contributed by atoms with van der Waals surface area (Å²) in [5.74, 6) is -0.319. The predicted octanol–water partition coefficient (Wildman–Crippen LogP) is 1.78. The molecule has 0 fully saturated rings. The highest BCUT2D eigenvalue weighted by atomic mass is 16.2. The molecule has 1 aromatic carbocycles. The number of carbonyl (C=O) groups excluding carboxylic acids is 2. The monoisotopic (exact) mass is 289 g/mol. The van der Waals surface area contributed by atoms with Crippen molar-refractivity contribution in [1.82, 2.24) is 10.9 Å². The second-order valence-corrected chi connectivity index (χ2v) is 5.35. The minimum absolute atomic E-state index is 0.135. The van der Waals surface area contributed by atoms with Crippen LogP contribution in [0.25, 0.3) is 0 Å². The number of rotatable bonds is 5. The number of carbonyl (C=O) groups is 2. The third-order valence-electron chi connectivity index (χ3n) is 3.64. The quantitative estimate of drug-likeness (QED) is 0.812. The number of unbranched alkanes of at least 4 members (excludes halogenated alkanes) is 1. The Morgan fingerprint density at radius 2 is 1.95 bits per heavy atom. The van der Waals surface area contributed by atoms with Crippen LogP contribution < -0.4 is 15.8 Å². The number of amides is 2. The van der Waals surface area contributed by atoms with Gasteiger partial charge in [-0.25, -0.2) is 0 Å². The Balaban J connectivity index is 1.82. The first-order valence-corrected chi connectivity index (χ1v) is 7.61. The average molecular weight is 289 g/mol. The van der Waals surface area contributed by atoms with Crippen LogP contribution in [-0.2, 0) is 16.0 Å². The van der Waals surface area contributed by atoms with Gasteiger partial charge in [0.1, 0.15) is 0 Å². The number of hydrogen-bond donors (Lipinski definition) is 2. The number of nitrogens with zero attached hydrogens (tertiary/aromatic N) is 1. The van der Waals surface area contributed by atoms with Crippen LogP contribution in [0.3, 0.4) is 0 Å². The van der Waals surface area contributed by atoms with E-state index in [4.69, 9.17) is 0 Å². The van der Waals surface area contributed by atoms with E-state index in [9.17, 15) is 9.59 Å². The van der Waals surface area contributed by atoms with Gasteiger partial charge in [-0.2, -0.15) is 0 Å². The minimum Gasteiger partial charge on any atom is -0.362 e. The van der Waals surface area contributed by atoms with Gasteiger partial charge in [0.25, 0.3) is 5.91 Å². The third kappa shape index (κ3) is 4.48. The molecule has 0 bridgehead atoms. The number of benzene rings is 1. The molecule has 2 amide bonds. The van der Waals surface area contributed by atoms with E-state index in [-0.39, 0.29) is 18.4 Å². The number of nitrogens with one attached hydrogen (secondary N) is 2. The Bertz CT molecular complexity index is 502. The summed E-state index contributed by atoms with van der Waals surface area (Å²) in [5, 5.41) is 0. The molecule has 5 nitrogen and oxygen atoms in total. The van der Waals surface area contributed by atoms with Gasteiger partial charge in [0.2, 0.25) is 5.91 Å². The van der Waals surface area contributed by atoms with Crippen LogP contribution in [0.4, 0.5) is 5.69 Å². The molecular formula is C16H23N3O2. The van der Waals surface area contributed by atoms with Crippen LogP contribution in [0.1, 0.15) is 38.2 Å². The van der Waals surface area contributed by atoms with E-state index >= 15 is 0 Å². The lowest BCUT2D eigenvalue weighted by molar-refractivity contribution is -0.128. The van der Waals surface area contributed by atoms with Crippen molar-refractivity contribution in [3.63, 3.8) is 0 Å². The number of aryl methyl sites for hydroxylation is 1. The van der Waals surface area contributed by atoms with Crippen molar-refractivity contribution < 1.29 is 9.59 Å². The summed E-state index contributed by atoms with van der Waals surface area (Å²) in [4.78, 5) is 25.5. The van der Waals surface area contributed by atoms with Crippen molar-refractivity contribution in [2.45, 2.75) is 39.0 Å². The molecule has 0 spiro atoms. The van der Waals surface area contributed by atoms with E-state index in [1.165, 1.54) is 5.56 Å². The Labute approximate surface area is 125 Å². The molecule has 21 heavy (non-hydrogen) atoms. The Morgan fingerprint density at radius 1 is 1.19 bits per heavy atom. The zero-order valence-corrected chi connectivity index (χ0v) is 12.5. The van der Waals surface area contributed by atoms with Gasteiger partial charge in [0.15, 0.2) is 0 Å². The zero-order valence-electron chi connectivity index (χ0n) is 12.5. The number of hydrazine groups is 1. The molecular weight excluding hydrogens is 266 g/mol. The highest BCUT2D eigenvalue weighted by Crippen LogP contribution is 2.25. The van der Waals surface area contributed by atoms with Crippen molar-refractivity contribution in [3.8, 4) is 0 Å². The molecule has 0 aliphatic carbocycles. The molecule has 0 saturated carbocycles. The van der Waals surface area contributed by atoms with Crippen molar-refractivity contribution in [3.05, 3.63) is 29.8 Å². The lowest BCUT2D eigenvalue weighted by atomic mass is 10.0. The van der Waals surface area contributed by atoms with Gasteiger partial charge in [-0.1, -0.05) is 31.5 Å². The zero-order chi connectivity index (χ0) is 15.1. The minimum atomic E-state index is -0.184. The van der Waals surface area contributed by atoms with E-state index < -0.39 is 0 Å². The summed E-state index contributed by atoms with van der Waals surface area (Å²) in [6, 6.07) is 8.16. The van der Waals surface area contributed by atoms with Gasteiger partial charge < -0.3 is 4.90 Å². The topological polar surface area (TPSA) is 61.4 Å². The van der Waals surface area contributed by atoms with Crippen molar-refractivity contribution >= 4 is 17.5 Å². The first-order valence-electron chi connectivity index (χ1n) is 7.61. The van der Waals surface area contributed by atoms with Crippen LogP contribution >= 0.6 is 0 Å². The molecule has 0 saturated heterocycles. The molecule has 5 heteroatoms. The Hall–Kier alpha value is -2.04. The fourth-order valence-electron chi connectivity index (χ4n) is 2.53. The Kier molecular flexibility index (Phi) is 5.60. The van der Waals surface area contributed by atoms with Crippen molar-refractivity contribution in [2.24, 2.45) is 0 Å². The van der Waals surface area contributed by atoms with Crippen LogP contribution in [0.5, 0.6) is 0 Å². The standard InChI is InChI=1S/C16H23N3O2/c1-2-3-10-15(20)17-18-16(21)12-19-11-6-8-13-7-4-5-9-14(13)19/h4-5,7,9H,2-3,6,8,10-12H2,1H3,(H,17,20)(H,18,21). The molecule has 1 aliphatic rings. The van der Waals surface area contributed by atoms with Crippen LogP contribution in [0.15, 0.2) is 24.3 Å². The van der Waals surface area contributed by atoms with E-state index in [0.717, 1.165) is 37.9 Å². The summed E-state index contributed by atoms with van der Waals surface area (Å²) in [6.07, 6.45) is 4.35. The molecule has 2 rings (SSSR count). The van der Waals surface area contributed by atoms with E-state index in [1.54, 1.807) is 0 Å². The first-order chi connectivity index (χ1) is 10.2.